The Labute approximate surface area is 187 Å². The molecule has 0 amide bonds. The molecule has 0 N–H and O–H groups in total. The molecule has 0 aliphatic carbocycles. The van der Waals surface area contributed by atoms with Crippen molar-refractivity contribution in [3.63, 3.8) is 0 Å². The first-order chi connectivity index (χ1) is 15.9. The van der Waals surface area contributed by atoms with Crippen LogP contribution in [0, 0.1) is 11.6 Å². The van der Waals surface area contributed by atoms with E-state index in [1.165, 1.54) is 28.9 Å². The number of hydrogen-bond donors (Lipinski definition) is 0. The van der Waals surface area contributed by atoms with E-state index in [1.54, 1.807) is 10.9 Å². The van der Waals surface area contributed by atoms with Crippen LogP contribution in [-0.4, -0.2) is 24.5 Å². The highest BCUT2D eigenvalue weighted by atomic mass is 19.1. The average molecular weight is 443 g/mol. The predicted molar refractivity (Wildman–Crippen MR) is 121 cm³/mol. The van der Waals surface area contributed by atoms with E-state index in [2.05, 4.69) is 21.2 Å². The van der Waals surface area contributed by atoms with Crippen molar-refractivity contribution in [3.05, 3.63) is 101 Å². The van der Waals surface area contributed by atoms with Crippen LogP contribution in [0.2, 0.25) is 0 Å². The zero-order chi connectivity index (χ0) is 22.9. The van der Waals surface area contributed by atoms with Gasteiger partial charge in [0, 0.05) is 60.2 Å². The summed E-state index contributed by atoms with van der Waals surface area (Å²) in [6, 6.07) is 14.0. The van der Waals surface area contributed by atoms with Gasteiger partial charge in [-0.2, -0.15) is 10.2 Å². The fourth-order valence-corrected chi connectivity index (χ4v) is 3.76. The van der Waals surface area contributed by atoms with Gasteiger partial charge in [-0.3, -0.25) is 14.5 Å². The molecular weight excluding hydrogens is 424 g/mol. The number of nitrogens with zero attached hydrogens (tertiary/aromatic N) is 5. The third-order valence-electron chi connectivity index (χ3n) is 5.42. The third-order valence-corrected chi connectivity index (χ3v) is 5.42. The van der Waals surface area contributed by atoms with E-state index in [0.717, 1.165) is 33.7 Å². The summed E-state index contributed by atoms with van der Waals surface area (Å²) in [4.78, 5) is 16.8. The Morgan fingerprint density at radius 2 is 1.70 bits per heavy atom. The van der Waals surface area contributed by atoms with Crippen molar-refractivity contribution in [2.45, 2.75) is 13.0 Å². The third kappa shape index (κ3) is 4.41. The normalized spacial score (nSPS) is 11.2. The number of fused-ring (bicyclic) bond motifs is 1. The molecule has 0 fully saturated rings. The number of pyridine rings is 1. The zero-order valence-corrected chi connectivity index (χ0v) is 17.7. The molecule has 0 saturated carbocycles. The summed E-state index contributed by atoms with van der Waals surface area (Å²) < 4.78 is 30.2. The molecule has 0 spiro atoms. The molecule has 0 radical (unpaired) electrons. The SMILES string of the molecule is Cn1cc(-c2cnc3ccc(CCn4nc(-c5cc(F)cc(F)c5)ccc4=O)cc3c2)cn1. The van der Waals surface area contributed by atoms with Gasteiger partial charge in [-0.15, -0.1) is 0 Å². The number of rotatable bonds is 5. The molecule has 3 heterocycles. The number of hydrogen-bond acceptors (Lipinski definition) is 4. The van der Waals surface area contributed by atoms with Gasteiger partial charge in [0.2, 0.25) is 0 Å². The summed E-state index contributed by atoms with van der Waals surface area (Å²) in [5, 5.41) is 9.50. The predicted octanol–water partition coefficient (Wildman–Crippen LogP) is 4.38. The van der Waals surface area contributed by atoms with Gasteiger partial charge in [-0.05, 0) is 48.4 Å². The molecule has 0 unspecified atom stereocenters. The minimum Gasteiger partial charge on any atom is -0.275 e. The topological polar surface area (TPSA) is 65.6 Å². The molecule has 0 atom stereocenters. The highest BCUT2D eigenvalue weighted by molar-refractivity contribution is 5.83. The van der Waals surface area contributed by atoms with Gasteiger partial charge in [-0.25, -0.2) is 13.5 Å². The molecule has 5 rings (SSSR count). The zero-order valence-electron chi connectivity index (χ0n) is 17.7. The highest BCUT2D eigenvalue weighted by Crippen LogP contribution is 2.23. The lowest BCUT2D eigenvalue weighted by Gasteiger charge is -2.09. The minimum atomic E-state index is -0.694. The molecule has 8 heteroatoms. The Bertz CT molecular complexity index is 1520. The van der Waals surface area contributed by atoms with Crippen LogP contribution >= 0.6 is 0 Å². The van der Waals surface area contributed by atoms with Crippen LogP contribution in [0.5, 0.6) is 0 Å². The Hall–Kier alpha value is -4.20. The Morgan fingerprint density at radius 3 is 2.45 bits per heavy atom. The lowest BCUT2D eigenvalue weighted by Crippen LogP contribution is -2.23. The van der Waals surface area contributed by atoms with E-state index in [0.29, 0.717) is 18.7 Å². The second-order valence-corrected chi connectivity index (χ2v) is 7.84. The van der Waals surface area contributed by atoms with Crippen LogP contribution in [0.3, 0.4) is 0 Å². The molecular formula is C25H19F2N5O. The van der Waals surface area contributed by atoms with Crippen molar-refractivity contribution in [1.29, 1.82) is 0 Å². The maximum absolute atomic E-state index is 13.6. The maximum atomic E-state index is 13.6. The van der Waals surface area contributed by atoms with E-state index >= 15 is 0 Å². The number of halogens is 2. The van der Waals surface area contributed by atoms with Gasteiger partial charge >= 0.3 is 0 Å². The molecule has 164 valence electrons. The summed E-state index contributed by atoms with van der Waals surface area (Å²) in [5.74, 6) is -1.39. The molecule has 33 heavy (non-hydrogen) atoms. The van der Waals surface area contributed by atoms with Crippen molar-refractivity contribution in [3.8, 4) is 22.4 Å². The van der Waals surface area contributed by atoms with Crippen LogP contribution in [0.1, 0.15) is 5.56 Å². The van der Waals surface area contributed by atoms with Crippen LogP contribution < -0.4 is 5.56 Å². The van der Waals surface area contributed by atoms with Crippen molar-refractivity contribution >= 4 is 10.9 Å². The van der Waals surface area contributed by atoms with Crippen LogP contribution in [0.15, 0.2) is 78.0 Å². The van der Waals surface area contributed by atoms with E-state index in [-0.39, 0.29) is 11.1 Å². The Kier molecular flexibility index (Phi) is 5.26. The molecule has 0 saturated heterocycles. The van der Waals surface area contributed by atoms with Gasteiger partial charge < -0.3 is 0 Å². The van der Waals surface area contributed by atoms with Crippen LogP contribution in [-0.2, 0) is 20.0 Å². The summed E-state index contributed by atoms with van der Waals surface area (Å²) >= 11 is 0. The minimum absolute atomic E-state index is 0.279. The average Bonchev–Trinajstić information content (AvgIpc) is 3.23. The summed E-state index contributed by atoms with van der Waals surface area (Å²) in [6.45, 7) is 0.325. The Morgan fingerprint density at radius 1 is 0.879 bits per heavy atom. The monoisotopic (exact) mass is 443 g/mol. The van der Waals surface area contributed by atoms with Gasteiger partial charge in [0.15, 0.2) is 0 Å². The van der Waals surface area contributed by atoms with E-state index in [4.69, 9.17) is 0 Å². The van der Waals surface area contributed by atoms with Crippen LogP contribution in [0.4, 0.5) is 8.78 Å². The second-order valence-electron chi connectivity index (χ2n) is 7.84. The highest BCUT2D eigenvalue weighted by Gasteiger charge is 2.08. The molecule has 2 aromatic carbocycles. The van der Waals surface area contributed by atoms with Crippen molar-refractivity contribution in [1.82, 2.24) is 24.5 Å². The lowest BCUT2D eigenvalue weighted by molar-refractivity contribution is 0.576. The standard InChI is InChI=1S/C25H19F2N5O/c1-31-15-20(14-29-31)19-9-17-8-16(2-3-23(17)28-13-19)6-7-32-25(33)5-4-24(30-32)18-10-21(26)12-22(27)11-18/h2-5,8-15H,6-7H2,1H3. The van der Waals surface area contributed by atoms with E-state index < -0.39 is 11.6 Å². The summed E-state index contributed by atoms with van der Waals surface area (Å²) in [5.41, 5.74) is 4.18. The first-order valence-electron chi connectivity index (χ1n) is 10.4. The van der Waals surface area contributed by atoms with E-state index in [1.807, 2.05) is 37.6 Å². The van der Waals surface area contributed by atoms with Gasteiger partial charge in [0.05, 0.1) is 17.4 Å². The summed E-state index contributed by atoms with van der Waals surface area (Å²) in [7, 11) is 1.87. The second kappa shape index (κ2) is 8.38. The molecule has 5 aromatic rings. The maximum Gasteiger partial charge on any atom is 0.266 e. The molecule has 0 aliphatic heterocycles. The molecule has 0 bridgehead atoms. The Balaban J connectivity index is 1.40. The van der Waals surface area contributed by atoms with Crippen molar-refractivity contribution in [2.24, 2.45) is 7.05 Å². The largest absolute Gasteiger partial charge is 0.275 e. The van der Waals surface area contributed by atoms with Crippen LogP contribution in [0.25, 0.3) is 33.3 Å². The van der Waals surface area contributed by atoms with Gasteiger partial charge in [-0.1, -0.05) is 6.07 Å². The number of aryl methyl sites for hydroxylation is 3. The first kappa shape index (κ1) is 20.7. The molecule has 3 aromatic heterocycles. The lowest BCUT2D eigenvalue weighted by atomic mass is 10.1. The fraction of sp³-hybridized carbons (Fsp3) is 0.120. The quantitative estimate of drug-likeness (QED) is 0.404. The van der Waals surface area contributed by atoms with Crippen molar-refractivity contribution < 1.29 is 8.78 Å². The molecule has 6 nitrogen and oxygen atoms in total. The molecule has 0 aliphatic rings. The van der Waals surface area contributed by atoms with Gasteiger partial charge in [0.25, 0.3) is 5.56 Å². The first-order valence-corrected chi connectivity index (χ1v) is 10.4. The van der Waals surface area contributed by atoms with Gasteiger partial charge in [0.1, 0.15) is 11.6 Å². The van der Waals surface area contributed by atoms with Crippen molar-refractivity contribution in [2.75, 3.05) is 0 Å². The fourth-order valence-electron chi connectivity index (χ4n) is 3.76. The summed E-state index contributed by atoms with van der Waals surface area (Å²) in [6.07, 6.45) is 6.11. The number of aromatic nitrogens is 5. The number of benzene rings is 2. The van der Waals surface area contributed by atoms with E-state index in [9.17, 15) is 13.6 Å². The smallest absolute Gasteiger partial charge is 0.266 e.